The zero-order chi connectivity index (χ0) is 19.3. The maximum Gasteiger partial charge on any atom is 0.573 e. The minimum atomic E-state index is -4.83. The SMILES string of the molecule is COC(=O)c1ccc(C(=O)N(C)Cc2ccccc2OC(F)(F)F)nc1. The standard InChI is InChI=1S/C17H15F3N2O4/c1-22(10-12-5-3-4-6-14(12)26-17(18,19)20)15(23)13-8-7-11(9-21-13)16(24)25-2/h3-9H,10H2,1-2H3. The number of para-hydroxylation sites is 1. The van der Waals surface area contributed by atoms with Crippen LogP contribution < -0.4 is 4.74 Å². The summed E-state index contributed by atoms with van der Waals surface area (Å²) in [6, 6.07) is 8.26. The highest BCUT2D eigenvalue weighted by molar-refractivity contribution is 5.94. The number of amides is 1. The van der Waals surface area contributed by atoms with Crippen molar-refractivity contribution in [3.8, 4) is 5.75 Å². The third-order valence-electron chi connectivity index (χ3n) is 3.36. The number of alkyl halides is 3. The van der Waals surface area contributed by atoms with E-state index in [1.54, 1.807) is 6.07 Å². The molecule has 0 N–H and O–H groups in total. The van der Waals surface area contributed by atoms with Crippen LogP contribution in [0.4, 0.5) is 13.2 Å². The number of hydrogen-bond donors (Lipinski definition) is 0. The van der Waals surface area contributed by atoms with Crippen molar-refractivity contribution in [3.05, 3.63) is 59.4 Å². The van der Waals surface area contributed by atoms with Gasteiger partial charge in [-0.15, -0.1) is 13.2 Å². The Morgan fingerprint density at radius 1 is 1.15 bits per heavy atom. The Morgan fingerprint density at radius 3 is 2.42 bits per heavy atom. The van der Waals surface area contributed by atoms with E-state index in [1.165, 1.54) is 55.6 Å². The summed E-state index contributed by atoms with van der Waals surface area (Å²) < 4.78 is 45.9. The molecule has 0 saturated carbocycles. The van der Waals surface area contributed by atoms with Gasteiger partial charge in [0.1, 0.15) is 11.4 Å². The molecule has 1 amide bonds. The lowest BCUT2D eigenvalue weighted by Gasteiger charge is -2.19. The van der Waals surface area contributed by atoms with Crippen LogP contribution in [-0.4, -0.2) is 42.3 Å². The fourth-order valence-corrected chi connectivity index (χ4v) is 2.14. The number of benzene rings is 1. The van der Waals surface area contributed by atoms with E-state index in [1.807, 2.05) is 0 Å². The number of esters is 1. The third kappa shape index (κ3) is 4.95. The van der Waals surface area contributed by atoms with Crippen LogP contribution in [0.3, 0.4) is 0 Å². The van der Waals surface area contributed by atoms with Gasteiger partial charge in [-0.25, -0.2) is 4.79 Å². The first-order chi connectivity index (χ1) is 12.2. The predicted molar refractivity (Wildman–Crippen MR) is 84.5 cm³/mol. The van der Waals surface area contributed by atoms with Crippen molar-refractivity contribution in [2.24, 2.45) is 0 Å². The minimum absolute atomic E-state index is 0.0365. The second-order valence-corrected chi connectivity index (χ2v) is 5.24. The van der Waals surface area contributed by atoms with E-state index in [0.29, 0.717) is 0 Å². The molecular weight excluding hydrogens is 353 g/mol. The Hall–Kier alpha value is -3.10. The van der Waals surface area contributed by atoms with Crippen molar-refractivity contribution >= 4 is 11.9 Å². The summed E-state index contributed by atoms with van der Waals surface area (Å²) in [5.74, 6) is -1.50. The third-order valence-corrected chi connectivity index (χ3v) is 3.36. The van der Waals surface area contributed by atoms with E-state index < -0.39 is 18.2 Å². The fraction of sp³-hybridized carbons (Fsp3) is 0.235. The molecule has 9 heteroatoms. The molecule has 1 heterocycles. The minimum Gasteiger partial charge on any atom is -0.465 e. The van der Waals surface area contributed by atoms with Gasteiger partial charge in [-0.1, -0.05) is 18.2 Å². The van der Waals surface area contributed by atoms with Crippen LogP contribution in [0.25, 0.3) is 0 Å². The molecule has 0 aliphatic rings. The van der Waals surface area contributed by atoms with Crippen molar-refractivity contribution in [2.45, 2.75) is 12.9 Å². The average molecular weight is 368 g/mol. The van der Waals surface area contributed by atoms with Crippen LogP contribution in [-0.2, 0) is 11.3 Å². The highest BCUT2D eigenvalue weighted by Crippen LogP contribution is 2.27. The van der Waals surface area contributed by atoms with Gasteiger partial charge >= 0.3 is 12.3 Å². The highest BCUT2D eigenvalue weighted by atomic mass is 19.4. The number of methoxy groups -OCH3 is 1. The topological polar surface area (TPSA) is 68.7 Å². The fourth-order valence-electron chi connectivity index (χ4n) is 2.14. The van der Waals surface area contributed by atoms with Crippen molar-refractivity contribution in [3.63, 3.8) is 0 Å². The van der Waals surface area contributed by atoms with Crippen LogP contribution in [0, 0.1) is 0 Å². The van der Waals surface area contributed by atoms with E-state index >= 15 is 0 Å². The normalized spacial score (nSPS) is 11.0. The van der Waals surface area contributed by atoms with Crippen LogP contribution in [0.1, 0.15) is 26.4 Å². The molecule has 0 aliphatic heterocycles. The molecule has 2 rings (SSSR count). The van der Waals surface area contributed by atoms with E-state index in [-0.39, 0.29) is 29.1 Å². The molecule has 138 valence electrons. The Kier molecular flexibility index (Phi) is 5.81. The average Bonchev–Trinajstić information content (AvgIpc) is 2.61. The van der Waals surface area contributed by atoms with E-state index in [9.17, 15) is 22.8 Å². The lowest BCUT2D eigenvalue weighted by molar-refractivity contribution is -0.275. The number of pyridine rings is 1. The zero-order valence-electron chi connectivity index (χ0n) is 13.9. The Bertz CT molecular complexity index is 791. The molecule has 0 unspecified atom stereocenters. The Balaban J connectivity index is 2.14. The van der Waals surface area contributed by atoms with Crippen LogP contribution in [0.5, 0.6) is 5.75 Å². The van der Waals surface area contributed by atoms with Gasteiger partial charge in [0.05, 0.1) is 12.7 Å². The lowest BCUT2D eigenvalue weighted by atomic mass is 10.2. The second kappa shape index (κ2) is 7.85. The second-order valence-electron chi connectivity index (χ2n) is 5.24. The molecule has 0 spiro atoms. The first kappa shape index (κ1) is 19.2. The summed E-state index contributed by atoms with van der Waals surface area (Å²) in [6.07, 6.45) is -3.64. The quantitative estimate of drug-likeness (QED) is 0.759. The molecule has 0 atom stereocenters. The number of carbonyl (C=O) groups excluding carboxylic acids is 2. The van der Waals surface area contributed by atoms with Gasteiger partial charge < -0.3 is 14.4 Å². The largest absolute Gasteiger partial charge is 0.573 e. The highest BCUT2D eigenvalue weighted by Gasteiger charge is 2.32. The maximum atomic E-state index is 12.5. The molecule has 0 saturated heterocycles. The van der Waals surface area contributed by atoms with E-state index in [2.05, 4.69) is 14.5 Å². The van der Waals surface area contributed by atoms with Gasteiger partial charge in [-0.2, -0.15) is 0 Å². The van der Waals surface area contributed by atoms with Crippen molar-refractivity contribution < 1.29 is 32.2 Å². The molecule has 0 bridgehead atoms. The number of hydrogen-bond acceptors (Lipinski definition) is 5. The zero-order valence-corrected chi connectivity index (χ0v) is 13.9. The smallest absolute Gasteiger partial charge is 0.465 e. The lowest BCUT2D eigenvalue weighted by Crippen LogP contribution is -2.28. The van der Waals surface area contributed by atoms with Gasteiger partial charge in [-0.05, 0) is 18.2 Å². The monoisotopic (exact) mass is 368 g/mol. The van der Waals surface area contributed by atoms with Gasteiger partial charge in [0.25, 0.3) is 5.91 Å². The number of aromatic nitrogens is 1. The van der Waals surface area contributed by atoms with Gasteiger partial charge in [0.2, 0.25) is 0 Å². The van der Waals surface area contributed by atoms with E-state index in [4.69, 9.17) is 0 Å². The van der Waals surface area contributed by atoms with Crippen LogP contribution in [0.15, 0.2) is 42.6 Å². The summed E-state index contributed by atoms with van der Waals surface area (Å²) in [5.41, 5.74) is 0.400. The van der Waals surface area contributed by atoms with Gasteiger partial charge in [-0.3, -0.25) is 9.78 Å². The van der Waals surface area contributed by atoms with E-state index in [0.717, 1.165) is 0 Å². The molecule has 6 nitrogen and oxygen atoms in total. The molecule has 0 fully saturated rings. The Morgan fingerprint density at radius 2 is 1.85 bits per heavy atom. The van der Waals surface area contributed by atoms with Gasteiger partial charge in [0.15, 0.2) is 0 Å². The van der Waals surface area contributed by atoms with Crippen LogP contribution in [0.2, 0.25) is 0 Å². The number of rotatable bonds is 5. The Labute approximate surface area is 147 Å². The number of halogens is 3. The summed E-state index contributed by atoms with van der Waals surface area (Å²) in [7, 11) is 2.64. The van der Waals surface area contributed by atoms with Gasteiger partial charge in [0, 0.05) is 25.4 Å². The number of carbonyl (C=O) groups is 2. The summed E-state index contributed by atoms with van der Waals surface area (Å²) in [5, 5.41) is 0. The number of ether oxygens (including phenoxy) is 2. The first-order valence-electron chi connectivity index (χ1n) is 7.34. The summed E-state index contributed by atoms with van der Waals surface area (Å²) in [4.78, 5) is 28.8. The molecule has 1 aromatic carbocycles. The summed E-state index contributed by atoms with van der Waals surface area (Å²) >= 11 is 0. The molecule has 0 aliphatic carbocycles. The molecule has 0 radical (unpaired) electrons. The van der Waals surface area contributed by atoms with Crippen molar-refractivity contribution in [2.75, 3.05) is 14.2 Å². The first-order valence-corrected chi connectivity index (χ1v) is 7.34. The molecule has 26 heavy (non-hydrogen) atoms. The summed E-state index contributed by atoms with van der Waals surface area (Å²) in [6.45, 7) is -0.120. The molecular formula is C17H15F3N2O4. The number of nitrogens with zero attached hydrogens (tertiary/aromatic N) is 2. The molecule has 1 aromatic heterocycles. The predicted octanol–water partition coefficient (Wildman–Crippen LogP) is 3.04. The maximum absolute atomic E-state index is 12.5. The van der Waals surface area contributed by atoms with Crippen LogP contribution >= 0.6 is 0 Å². The van der Waals surface area contributed by atoms with Crippen molar-refractivity contribution in [1.82, 2.24) is 9.88 Å². The molecule has 2 aromatic rings. The van der Waals surface area contributed by atoms with Crippen molar-refractivity contribution in [1.29, 1.82) is 0 Å².